The molecule has 1 aromatic heterocycles. The molecule has 0 fully saturated rings. The van der Waals surface area contributed by atoms with Gasteiger partial charge in [-0.1, -0.05) is 12.1 Å². The summed E-state index contributed by atoms with van der Waals surface area (Å²) in [5.74, 6) is 0.804. The number of pyridine rings is 1. The van der Waals surface area contributed by atoms with Crippen molar-refractivity contribution in [3.8, 4) is 17.2 Å². The number of para-hydroxylation sites is 1. The number of benzene rings is 2. The van der Waals surface area contributed by atoms with Crippen molar-refractivity contribution in [1.82, 2.24) is 4.98 Å². The lowest BCUT2D eigenvalue weighted by Crippen LogP contribution is -2.02. The molecule has 0 spiro atoms. The van der Waals surface area contributed by atoms with Crippen LogP contribution >= 0.6 is 0 Å². The van der Waals surface area contributed by atoms with Crippen molar-refractivity contribution in [3.05, 3.63) is 59.8 Å². The topological polar surface area (TPSA) is 68.7 Å². The molecular weight excluding hydrogens is 294 g/mol. The average molecular weight is 309 g/mol. The maximum atomic E-state index is 12.5. The first-order valence-corrected chi connectivity index (χ1v) is 6.98. The Bertz CT molecular complexity index is 889. The number of rotatable bonds is 4. The van der Waals surface area contributed by atoms with Crippen molar-refractivity contribution in [1.29, 1.82) is 0 Å². The molecular formula is C18H15NO4. The second kappa shape index (κ2) is 5.96. The van der Waals surface area contributed by atoms with Crippen molar-refractivity contribution in [2.45, 2.75) is 0 Å². The molecule has 3 rings (SSSR count). The highest BCUT2D eigenvalue weighted by molar-refractivity contribution is 6.11. The zero-order chi connectivity index (χ0) is 16.4. The maximum Gasteiger partial charge on any atom is 0.198 e. The zero-order valence-electron chi connectivity index (χ0n) is 12.7. The van der Waals surface area contributed by atoms with E-state index in [4.69, 9.17) is 9.47 Å². The average Bonchev–Trinajstić information content (AvgIpc) is 2.59. The van der Waals surface area contributed by atoms with Crippen molar-refractivity contribution < 1.29 is 19.4 Å². The number of hydrogen-bond donors (Lipinski definition) is 1. The monoisotopic (exact) mass is 309 g/mol. The fourth-order valence-corrected chi connectivity index (χ4v) is 2.40. The Balaban J connectivity index is 2.09. The predicted molar refractivity (Wildman–Crippen MR) is 86.4 cm³/mol. The second-order valence-corrected chi connectivity index (χ2v) is 4.97. The van der Waals surface area contributed by atoms with Gasteiger partial charge in [-0.05, 0) is 24.3 Å². The Morgan fingerprint density at radius 1 is 1.04 bits per heavy atom. The van der Waals surface area contributed by atoms with E-state index < -0.39 is 0 Å². The number of aromatic nitrogens is 1. The number of hydrogen-bond acceptors (Lipinski definition) is 5. The van der Waals surface area contributed by atoms with E-state index in [-0.39, 0.29) is 17.1 Å². The fourth-order valence-electron chi connectivity index (χ4n) is 2.40. The van der Waals surface area contributed by atoms with Gasteiger partial charge in [0.25, 0.3) is 0 Å². The SMILES string of the molecule is COc1cc2cc(C(=O)c3ccccc3O)cnc2cc1OC. The van der Waals surface area contributed by atoms with Crippen LogP contribution in [0.1, 0.15) is 15.9 Å². The van der Waals surface area contributed by atoms with E-state index in [9.17, 15) is 9.90 Å². The number of phenols is 1. The highest BCUT2D eigenvalue weighted by Gasteiger charge is 2.15. The zero-order valence-corrected chi connectivity index (χ0v) is 12.7. The summed E-state index contributed by atoms with van der Waals surface area (Å²) in [6.07, 6.45) is 1.49. The number of fused-ring (bicyclic) bond motifs is 1. The summed E-state index contributed by atoms with van der Waals surface area (Å²) >= 11 is 0. The molecule has 0 aliphatic heterocycles. The predicted octanol–water partition coefficient (Wildman–Crippen LogP) is 3.19. The van der Waals surface area contributed by atoms with Crippen LogP contribution in [0.3, 0.4) is 0 Å². The smallest absolute Gasteiger partial charge is 0.198 e. The van der Waals surface area contributed by atoms with E-state index >= 15 is 0 Å². The fraction of sp³-hybridized carbons (Fsp3) is 0.111. The lowest BCUT2D eigenvalue weighted by Gasteiger charge is -2.09. The van der Waals surface area contributed by atoms with Gasteiger partial charge in [0, 0.05) is 23.2 Å². The third-order valence-electron chi connectivity index (χ3n) is 3.60. The molecule has 0 aliphatic carbocycles. The summed E-state index contributed by atoms with van der Waals surface area (Å²) in [7, 11) is 3.11. The molecule has 116 valence electrons. The summed E-state index contributed by atoms with van der Waals surface area (Å²) in [6.45, 7) is 0. The van der Waals surface area contributed by atoms with Gasteiger partial charge in [0.05, 0.1) is 25.3 Å². The standard InChI is InChI=1S/C18H15NO4/c1-22-16-8-11-7-12(10-19-14(11)9-17(16)23-2)18(21)13-5-3-4-6-15(13)20/h3-10,20H,1-2H3. The van der Waals surface area contributed by atoms with E-state index in [0.717, 1.165) is 5.39 Å². The normalized spacial score (nSPS) is 10.5. The molecule has 2 aromatic carbocycles. The molecule has 0 radical (unpaired) electrons. The largest absolute Gasteiger partial charge is 0.507 e. The van der Waals surface area contributed by atoms with Gasteiger partial charge < -0.3 is 14.6 Å². The van der Waals surface area contributed by atoms with Crippen molar-refractivity contribution in [2.75, 3.05) is 14.2 Å². The first-order valence-electron chi connectivity index (χ1n) is 6.98. The number of carbonyl (C=O) groups excluding carboxylic acids is 1. The minimum atomic E-state index is -0.285. The lowest BCUT2D eigenvalue weighted by molar-refractivity contribution is 0.103. The van der Waals surface area contributed by atoms with Gasteiger partial charge in [-0.2, -0.15) is 0 Å². The third kappa shape index (κ3) is 2.68. The summed E-state index contributed by atoms with van der Waals surface area (Å²) in [5.41, 5.74) is 1.33. The number of carbonyl (C=O) groups is 1. The quantitative estimate of drug-likeness (QED) is 0.750. The highest BCUT2D eigenvalue weighted by atomic mass is 16.5. The second-order valence-electron chi connectivity index (χ2n) is 4.97. The van der Waals surface area contributed by atoms with Crippen LogP contribution in [-0.4, -0.2) is 30.1 Å². The Morgan fingerprint density at radius 3 is 2.43 bits per heavy atom. The molecule has 0 aliphatic rings. The third-order valence-corrected chi connectivity index (χ3v) is 3.60. The van der Waals surface area contributed by atoms with Gasteiger partial charge in [0.2, 0.25) is 0 Å². The molecule has 0 unspecified atom stereocenters. The molecule has 0 atom stereocenters. The van der Waals surface area contributed by atoms with Gasteiger partial charge in [-0.25, -0.2) is 0 Å². The molecule has 0 saturated heterocycles. The molecule has 0 amide bonds. The summed E-state index contributed by atoms with van der Waals surface area (Å²) in [6, 6.07) is 11.7. The van der Waals surface area contributed by atoms with Crippen LogP contribution in [0.2, 0.25) is 0 Å². The van der Waals surface area contributed by atoms with Crippen LogP contribution in [0.15, 0.2) is 48.7 Å². The Hall–Kier alpha value is -3.08. The summed E-state index contributed by atoms with van der Waals surface area (Å²) in [5, 5.41) is 10.6. The highest BCUT2D eigenvalue weighted by Crippen LogP contribution is 2.32. The van der Waals surface area contributed by atoms with E-state index in [1.54, 1.807) is 50.6 Å². The number of phenolic OH excluding ortho intramolecular Hbond substituents is 1. The molecule has 3 aromatic rings. The minimum Gasteiger partial charge on any atom is -0.507 e. The molecule has 5 nitrogen and oxygen atoms in total. The Labute approximate surface area is 133 Å². The maximum absolute atomic E-state index is 12.5. The minimum absolute atomic E-state index is 0.0510. The van der Waals surface area contributed by atoms with Crippen LogP contribution in [0.25, 0.3) is 10.9 Å². The van der Waals surface area contributed by atoms with Gasteiger partial charge in [0.1, 0.15) is 5.75 Å². The number of nitrogens with zero attached hydrogens (tertiary/aromatic N) is 1. The van der Waals surface area contributed by atoms with Gasteiger partial charge in [0.15, 0.2) is 17.3 Å². The van der Waals surface area contributed by atoms with Crippen LogP contribution in [0.5, 0.6) is 17.2 Å². The van der Waals surface area contributed by atoms with Crippen molar-refractivity contribution in [2.24, 2.45) is 0 Å². The molecule has 1 N–H and O–H groups in total. The number of ketones is 1. The van der Waals surface area contributed by atoms with Crippen LogP contribution in [-0.2, 0) is 0 Å². The summed E-state index contributed by atoms with van der Waals surface area (Å²) in [4.78, 5) is 16.8. The Morgan fingerprint density at radius 2 is 1.74 bits per heavy atom. The van der Waals surface area contributed by atoms with Crippen LogP contribution in [0, 0.1) is 0 Å². The Kier molecular flexibility index (Phi) is 3.85. The van der Waals surface area contributed by atoms with Crippen LogP contribution < -0.4 is 9.47 Å². The van der Waals surface area contributed by atoms with E-state index in [1.165, 1.54) is 12.3 Å². The molecule has 1 heterocycles. The number of aromatic hydroxyl groups is 1. The van der Waals surface area contributed by atoms with Crippen molar-refractivity contribution >= 4 is 16.7 Å². The lowest BCUT2D eigenvalue weighted by atomic mass is 10.0. The summed E-state index contributed by atoms with van der Waals surface area (Å²) < 4.78 is 10.5. The van der Waals surface area contributed by atoms with Gasteiger partial charge in [-0.3, -0.25) is 9.78 Å². The number of ether oxygens (including phenoxy) is 2. The molecule has 5 heteroatoms. The molecule has 0 bridgehead atoms. The van der Waals surface area contributed by atoms with Crippen LogP contribution in [0.4, 0.5) is 0 Å². The van der Waals surface area contributed by atoms with E-state index in [1.807, 2.05) is 0 Å². The van der Waals surface area contributed by atoms with E-state index in [2.05, 4.69) is 4.98 Å². The van der Waals surface area contributed by atoms with Gasteiger partial charge >= 0.3 is 0 Å². The first kappa shape index (κ1) is 14.8. The first-order chi connectivity index (χ1) is 11.1. The molecule has 0 saturated carbocycles. The number of methoxy groups -OCH3 is 2. The van der Waals surface area contributed by atoms with E-state index in [0.29, 0.717) is 22.6 Å². The molecule has 23 heavy (non-hydrogen) atoms. The van der Waals surface area contributed by atoms with Gasteiger partial charge in [-0.15, -0.1) is 0 Å². The van der Waals surface area contributed by atoms with Crippen molar-refractivity contribution in [3.63, 3.8) is 0 Å².